The second-order valence-electron chi connectivity index (χ2n) is 6.29. The molecule has 0 N–H and O–H groups in total. The molecule has 0 radical (unpaired) electrons. The summed E-state index contributed by atoms with van der Waals surface area (Å²) in [4.78, 5) is 0. The van der Waals surface area contributed by atoms with Crippen LogP contribution in [0.2, 0.25) is 0 Å². The van der Waals surface area contributed by atoms with Crippen LogP contribution in [0.1, 0.15) is 37.7 Å². The third-order valence-electron chi connectivity index (χ3n) is 4.32. The van der Waals surface area contributed by atoms with Gasteiger partial charge in [-0.3, -0.25) is 0 Å². The number of aromatic nitrogens is 4. The maximum atomic E-state index is 5.79. The van der Waals surface area contributed by atoms with Gasteiger partial charge in [0.15, 0.2) is 5.82 Å². The number of benzene rings is 1. The van der Waals surface area contributed by atoms with Gasteiger partial charge in [0.05, 0.1) is 12.6 Å². The predicted octanol–water partition coefficient (Wildman–Crippen LogP) is 2.67. The topological polar surface area (TPSA) is 52.8 Å². The van der Waals surface area contributed by atoms with E-state index in [2.05, 4.69) is 27.4 Å². The molecule has 1 atom stereocenters. The van der Waals surface area contributed by atoms with E-state index in [1.54, 1.807) is 0 Å². The molecule has 1 saturated carbocycles. The molecule has 2 aromatic rings. The van der Waals surface area contributed by atoms with Gasteiger partial charge < -0.3 is 4.74 Å². The summed E-state index contributed by atoms with van der Waals surface area (Å²) in [6, 6.07) is 8.17. The molecular weight excluding hydrogens is 288 g/mol. The highest BCUT2D eigenvalue weighted by molar-refractivity contribution is 5.56. The van der Waals surface area contributed by atoms with E-state index in [-0.39, 0.29) is 6.10 Å². The second kappa shape index (κ2) is 6.51. The summed E-state index contributed by atoms with van der Waals surface area (Å²) in [5.41, 5.74) is 2.07. The Morgan fingerprint density at radius 1 is 1.13 bits per heavy atom. The SMILES string of the molecule is C(#CC1CC1)c1ccc(-c2nnnn2C[C@H]2CCCCO2)cc1. The molecule has 0 amide bonds. The van der Waals surface area contributed by atoms with Crippen molar-refractivity contribution in [2.75, 3.05) is 6.61 Å². The molecule has 1 aliphatic carbocycles. The van der Waals surface area contributed by atoms with Crippen molar-refractivity contribution in [2.24, 2.45) is 5.92 Å². The molecule has 0 spiro atoms. The zero-order valence-corrected chi connectivity index (χ0v) is 13.1. The molecule has 2 fully saturated rings. The molecule has 5 heteroatoms. The molecule has 2 aliphatic rings. The molecule has 1 saturated heterocycles. The Kier molecular flexibility index (Phi) is 4.08. The average molecular weight is 308 g/mol. The van der Waals surface area contributed by atoms with E-state index in [0.717, 1.165) is 36.4 Å². The van der Waals surface area contributed by atoms with Gasteiger partial charge in [-0.15, -0.1) is 5.10 Å². The Labute approximate surface area is 136 Å². The van der Waals surface area contributed by atoms with Crippen molar-refractivity contribution in [3.05, 3.63) is 29.8 Å². The van der Waals surface area contributed by atoms with E-state index >= 15 is 0 Å². The van der Waals surface area contributed by atoms with Crippen molar-refractivity contribution in [3.8, 4) is 23.2 Å². The molecule has 1 aromatic carbocycles. The molecule has 0 unspecified atom stereocenters. The van der Waals surface area contributed by atoms with Gasteiger partial charge in [-0.25, -0.2) is 4.68 Å². The van der Waals surface area contributed by atoms with Crippen LogP contribution in [0, 0.1) is 17.8 Å². The molecule has 4 rings (SSSR count). The van der Waals surface area contributed by atoms with Gasteiger partial charge in [0.1, 0.15) is 0 Å². The van der Waals surface area contributed by atoms with Gasteiger partial charge in [-0.05, 0) is 66.8 Å². The van der Waals surface area contributed by atoms with E-state index in [4.69, 9.17) is 4.74 Å². The van der Waals surface area contributed by atoms with Gasteiger partial charge in [-0.2, -0.15) is 0 Å². The Balaban J connectivity index is 1.49. The summed E-state index contributed by atoms with van der Waals surface area (Å²) in [5, 5.41) is 12.1. The van der Waals surface area contributed by atoms with E-state index in [1.807, 2.05) is 28.9 Å². The lowest BCUT2D eigenvalue weighted by atomic mass is 10.1. The first kappa shape index (κ1) is 14.4. The number of rotatable bonds is 3. The predicted molar refractivity (Wildman–Crippen MR) is 86.4 cm³/mol. The largest absolute Gasteiger partial charge is 0.376 e. The number of ether oxygens (including phenoxy) is 1. The van der Waals surface area contributed by atoms with Crippen molar-refractivity contribution >= 4 is 0 Å². The van der Waals surface area contributed by atoms with E-state index in [9.17, 15) is 0 Å². The average Bonchev–Trinajstić information content (AvgIpc) is 3.32. The van der Waals surface area contributed by atoms with Crippen LogP contribution in [0.25, 0.3) is 11.4 Å². The normalized spacial score (nSPS) is 20.8. The fourth-order valence-corrected chi connectivity index (χ4v) is 2.79. The highest BCUT2D eigenvalue weighted by atomic mass is 16.5. The van der Waals surface area contributed by atoms with Crippen LogP contribution in [0.5, 0.6) is 0 Å². The monoisotopic (exact) mass is 308 g/mol. The summed E-state index contributed by atoms with van der Waals surface area (Å²) in [6.45, 7) is 1.56. The molecule has 2 heterocycles. The highest BCUT2D eigenvalue weighted by Crippen LogP contribution is 2.27. The maximum Gasteiger partial charge on any atom is 0.182 e. The highest BCUT2D eigenvalue weighted by Gasteiger charge is 2.19. The van der Waals surface area contributed by atoms with Crippen LogP contribution >= 0.6 is 0 Å². The lowest BCUT2D eigenvalue weighted by Crippen LogP contribution is -2.25. The molecule has 0 bridgehead atoms. The third-order valence-corrected chi connectivity index (χ3v) is 4.32. The minimum Gasteiger partial charge on any atom is -0.376 e. The van der Waals surface area contributed by atoms with Gasteiger partial charge in [0.2, 0.25) is 0 Å². The zero-order valence-electron chi connectivity index (χ0n) is 13.1. The second-order valence-corrected chi connectivity index (χ2v) is 6.29. The first-order valence-electron chi connectivity index (χ1n) is 8.38. The van der Waals surface area contributed by atoms with Gasteiger partial charge in [0, 0.05) is 23.7 Å². The van der Waals surface area contributed by atoms with Gasteiger partial charge in [0.25, 0.3) is 0 Å². The summed E-state index contributed by atoms with van der Waals surface area (Å²) in [6.07, 6.45) is 6.18. The smallest absolute Gasteiger partial charge is 0.182 e. The Bertz CT molecular complexity index is 715. The van der Waals surface area contributed by atoms with E-state index in [1.165, 1.54) is 19.3 Å². The van der Waals surface area contributed by atoms with E-state index < -0.39 is 0 Å². The summed E-state index contributed by atoms with van der Waals surface area (Å²) in [5.74, 6) is 7.93. The maximum absolute atomic E-state index is 5.79. The van der Waals surface area contributed by atoms with Gasteiger partial charge >= 0.3 is 0 Å². The fraction of sp³-hybridized carbons (Fsp3) is 0.500. The lowest BCUT2D eigenvalue weighted by molar-refractivity contribution is 0.00397. The minimum atomic E-state index is 0.217. The first-order valence-corrected chi connectivity index (χ1v) is 8.38. The van der Waals surface area contributed by atoms with Crippen LogP contribution in [0.15, 0.2) is 24.3 Å². The third kappa shape index (κ3) is 3.59. The molecule has 1 aromatic heterocycles. The summed E-state index contributed by atoms with van der Waals surface area (Å²) in [7, 11) is 0. The summed E-state index contributed by atoms with van der Waals surface area (Å²) < 4.78 is 7.63. The fourth-order valence-electron chi connectivity index (χ4n) is 2.79. The van der Waals surface area contributed by atoms with Crippen LogP contribution in [0.4, 0.5) is 0 Å². The molecular formula is C18H20N4O. The molecule has 5 nitrogen and oxygen atoms in total. The van der Waals surface area contributed by atoms with Crippen molar-refractivity contribution in [2.45, 2.75) is 44.8 Å². The lowest BCUT2D eigenvalue weighted by Gasteiger charge is -2.22. The van der Waals surface area contributed by atoms with Crippen LogP contribution < -0.4 is 0 Å². The van der Waals surface area contributed by atoms with Gasteiger partial charge in [-0.1, -0.05) is 11.8 Å². The molecule has 23 heavy (non-hydrogen) atoms. The quantitative estimate of drug-likeness (QED) is 0.818. The van der Waals surface area contributed by atoms with Crippen LogP contribution in [0.3, 0.4) is 0 Å². The Morgan fingerprint density at radius 3 is 2.74 bits per heavy atom. The number of hydrogen-bond acceptors (Lipinski definition) is 4. The zero-order chi connectivity index (χ0) is 15.5. The first-order chi connectivity index (χ1) is 11.4. The Hall–Kier alpha value is -2.19. The summed E-state index contributed by atoms with van der Waals surface area (Å²) >= 11 is 0. The van der Waals surface area contributed by atoms with Crippen molar-refractivity contribution in [1.29, 1.82) is 0 Å². The molecule has 118 valence electrons. The van der Waals surface area contributed by atoms with Crippen LogP contribution in [-0.2, 0) is 11.3 Å². The standard InChI is InChI=1S/C18H20N4O/c1-2-12-23-17(3-1)13-22-18(19-20-21-22)16-10-8-15(9-11-16)7-6-14-4-5-14/h8-11,14,17H,1-5,12-13H2/t17-/m1/s1. The van der Waals surface area contributed by atoms with Crippen molar-refractivity contribution in [3.63, 3.8) is 0 Å². The Morgan fingerprint density at radius 2 is 2.00 bits per heavy atom. The number of tetrazole rings is 1. The number of nitrogens with zero attached hydrogens (tertiary/aromatic N) is 4. The van der Waals surface area contributed by atoms with E-state index in [0.29, 0.717) is 12.5 Å². The van der Waals surface area contributed by atoms with Crippen LogP contribution in [-0.4, -0.2) is 32.9 Å². The number of hydrogen-bond donors (Lipinski definition) is 0. The molecule has 1 aliphatic heterocycles. The van der Waals surface area contributed by atoms with Crippen molar-refractivity contribution in [1.82, 2.24) is 20.2 Å². The minimum absolute atomic E-state index is 0.217. The van der Waals surface area contributed by atoms with Crippen molar-refractivity contribution < 1.29 is 4.74 Å².